The highest BCUT2D eigenvalue weighted by molar-refractivity contribution is 6.05. The van der Waals surface area contributed by atoms with Crippen LogP contribution < -0.4 is 5.32 Å². The van der Waals surface area contributed by atoms with Gasteiger partial charge < -0.3 is 9.73 Å². The van der Waals surface area contributed by atoms with E-state index in [9.17, 15) is 4.79 Å². The number of hydrogen-bond acceptors (Lipinski definition) is 3. The number of anilines is 1. The van der Waals surface area contributed by atoms with E-state index in [-0.39, 0.29) is 5.91 Å². The molecule has 0 radical (unpaired) electrons. The molecule has 27 heavy (non-hydrogen) atoms. The fourth-order valence-electron chi connectivity index (χ4n) is 2.92. The number of benzene rings is 3. The number of carbonyl (C=O) groups is 1. The highest BCUT2D eigenvalue weighted by atomic mass is 16.3. The van der Waals surface area contributed by atoms with Crippen LogP contribution in [0.2, 0.25) is 0 Å². The molecular weight excluding hydrogens is 336 g/mol. The van der Waals surface area contributed by atoms with E-state index in [1.54, 1.807) is 0 Å². The molecule has 4 heteroatoms. The number of amides is 1. The van der Waals surface area contributed by atoms with Crippen LogP contribution in [-0.2, 0) is 6.42 Å². The van der Waals surface area contributed by atoms with Crippen molar-refractivity contribution in [2.24, 2.45) is 0 Å². The van der Waals surface area contributed by atoms with Crippen LogP contribution in [0.5, 0.6) is 0 Å². The van der Waals surface area contributed by atoms with Gasteiger partial charge in [-0.15, -0.1) is 0 Å². The SMILES string of the molecule is CCc1ccc(-c2nc3cc(NC(=O)c4ccc(C)cc4)ccc3o2)cc1. The summed E-state index contributed by atoms with van der Waals surface area (Å²) < 4.78 is 5.86. The predicted octanol–water partition coefficient (Wildman–Crippen LogP) is 5.62. The van der Waals surface area contributed by atoms with E-state index in [0.29, 0.717) is 28.2 Å². The monoisotopic (exact) mass is 356 g/mol. The van der Waals surface area contributed by atoms with Crippen molar-refractivity contribution in [3.8, 4) is 11.5 Å². The van der Waals surface area contributed by atoms with Gasteiger partial charge in [0.25, 0.3) is 5.91 Å². The Kier molecular flexibility index (Phi) is 4.47. The molecule has 4 nitrogen and oxygen atoms in total. The summed E-state index contributed by atoms with van der Waals surface area (Å²) in [4.78, 5) is 17.0. The van der Waals surface area contributed by atoms with Crippen molar-refractivity contribution in [2.45, 2.75) is 20.3 Å². The first-order chi connectivity index (χ1) is 13.1. The Labute approximate surface area is 157 Å². The maximum Gasteiger partial charge on any atom is 0.255 e. The van der Waals surface area contributed by atoms with Gasteiger partial charge in [0.15, 0.2) is 5.58 Å². The summed E-state index contributed by atoms with van der Waals surface area (Å²) >= 11 is 0. The van der Waals surface area contributed by atoms with Crippen LogP contribution >= 0.6 is 0 Å². The van der Waals surface area contributed by atoms with E-state index in [0.717, 1.165) is 17.5 Å². The van der Waals surface area contributed by atoms with Crippen molar-refractivity contribution in [1.82, 2.24) is 4.98 Å². The molecule has 3 aromatic carbocycles. The summed E-state index contributed by atoms with van der Waals surface area (Å²) in [5.74, 6) is 0.433. The Balaban J connectivity index is 1.58. The minimum Gasteiger partial charge on any atom is -0.436 e. The fraction of sp³-hybridized carbons (Fsp3) is 0.130. The summed E-state index contributed by atoms with van der Waals surface area (Å²) in [7, 11) is 0. The second-order valence-electron chi connectivity index (χ2n) is 6.57. The quantitative estimate of drug-likeness (QED) is 0.516. The minimum atomic E-state index is -0.145. The van der Waals surface area contributed by atoms with E-state index in [1.165, 1.54) is 5.56 Å². The second-order valence-corrected chi connectivity index (χ2v) is 6.57. The average molecular weight is 356 g/mol. The van der Waals surface area contributed by atoms with Crippen molar-refractivity contribution in [2.75, 3.05) is 5.32 Å². The smallest absolute Gasteiger partial charge is 0.255 e. The molecule has 1 N–H and O–H groups in total. The molecule has 0 fully saturated rings. The van der Waals surface area contributed by atoms with Crippen molar-refractivity contribution in [3.63, 3.8) is 0 Å². The second kappa shape index (κ2) is 7.08. The molecule has 0 unspecified atom stereocenters. The molecule has 1 aromatic heterocycles. The first kappa shape index (κ1) is 17.0. The van der Waals surface area contributed by atoms with Gasteiger partial charge in [-0.05, 0) is 61.4 Å². The maximum absolute atomic E-state index is 12.4. The number of nitrogens with one attached hydrogen (secondary N) is 1. The fourth-order valence-corrected chi connectivity index (χ4v) is 2.92. The highest BCUT2D eigenvalue weighted by Gasteiger charge is 2.11. The van der Waals surface area contributed by atoms with Crippen molar-refractivity contribution >= 4 is 22.7 Å². The first-order valence-electron chi connectivity index (χ1n) is 9.00. The molecule has 4 aromatic rings. The van der Waals surface area contributed by atoms with E-state index < -0.39 is 0 Å². The first-order valence-corrected chi connectivity index (χ1v) is 9.00. The summed E-state index contributed by atoms with van der Waals surface area (Å²) in [6, 6.07) is 21.2. The lowest BCUT2D eigenvalue weighted by Gasteiger charge is -2.05. The Morgan fingerprint density at radius 3 is 2.44 bits per heavy atom. The minimum absolute atomic E-state index is 0.145. The third-order valence-electron chi connectivity index (χ3n) is 4.57. The molecule has 0 aliphatic heterocycles. The maximum atomic E-state index is 12.4. The topological polar surface area (TPSA) is 55.1 Å². The van der Waals surface area contributed by atoms with Crippen molar-refractivity contribution < 1.29 is 9.21 Å². The molecule has 0 aliphatic rings. The standard InChI is InChI=1S/C23H20N2O2/c1-3-16-6-10-18(11-7-16)23-25-20-14-19(12-13-21(20)27-23)24-22(26)17-8-4-15(2)5-9-17/h4-14H,3H2,1-2H3,(H,24,26). The molecule has 0 bridgehead atoms. The summed E-state index contributed by atoms with van der Waals surface area (Å²) in [6.07, 6.45) is 0.998. The summed E-state index contributed by atoms with van der Waals surface area (Å²) in [5, 5.41) is 2.91. The zero-order valence-electron chi connectivity index (χ0n) is 15.3. The van der Waals surface area contributed by atoms with Crippen LogP contribution in [0.4, 0.5) is 5.69 Å². The van der Waals surface area contributed by atoms with Crippen LogP contribution in [0.1, 0.15) is 28.4 Å². The van der Waals surface area contributed by atoms with E-state index in [4.69, 9.17) is 4.42 Å². The summed E-state index contributed by atoms with van der Waals surface area (Å²) in [6.45, 7) is 4.12. The lowest BCUT2D eigenvalue weighted by Crippen LogP contribution is -2.11. The number of carbonyl (C=O) groups excluding carboxylic acids is 1. The van der Waals surface area contributed by atoms with Crippen LogP contribution in [0.25, 0.3) is 22.6 Å². The zero-order chi connectivity index (χ0) is 18.8. The Bertz CT molecular complexity index is 1090. The van der Waals surface area contributed by atoms with Gasteiger partial charge in [-0.2, -0.15) is 0 Å². The third kappa shape index (κ3) is 3.60. The Morgan fingerprint density at radius 2 is 1.74 bits per heavy atom. The molecule has 1 amide bonds. The van der Waals surface area contributed by atoms with Gasteiger partial charge in [-0.25, -0.2) is 4.98 Å². The molecule has 4 rings (SSSR count). The van der Waals surface area contributed by atoms with Gasteiger partial charge in [0.05, 0.1) is 0 Å². The summed E-state index contributed by atoms with van der Waals surface area (Å²) in [5.41, 5.74) is 6.05. The molecule has 0 atom stereocenters. The number of hydrogen-bond donors (Lipinski definition) is 1. The molecule has 0 saturated heterocycles. The number of nitrogens with zero attached hydrogens (tertiary/aromatic N) is 1. The van der Waals surface area contributed by atoms with Crippen LogP contribution in [0.15, 0.2) is 71.1 Å². The van der Waals surface area contributed by atoms with Gasteiger partial charge >= 0.3 is 0 Å². The van der Waals surface area contributed by atoms with Gasteiger partial charge in [0, 0.05) is 16.8 Å². The number of fused-ring (bicyclic) bond motifs is 1. The van der Waals surface area contributed by atoms with Crippen molar-refractivity contribution in [1.29, 1.82) is 0 Å². The van der Waals surface area contributed by atoms with Crippen LogP contribution in [0, 0.1) is 6.92 Å². The third-order valence-corrected chi connectivity index (χ3v) is 4.57. The lowest BCUT2D eigenvalue weighted by molar-refractivity contribution is 0.102. The molecule has 0 saturated carbocycles. The molecule has 1 heterocycles. The number of aryl methyl sites for hydroxylation is 2. The predicted molar refractivity (Wildman–Crippen MR) is 108 cm³/mol. The molecule has 0 spiro atoms. The zero-order valence-corrected chi connectivity index (χ0v) is 15.3. The Hall–Kier alpha value is -3.40. The highest BCUT2D eigenvalue weighted by Crippen LogP contribution is 2.26. The largest absolute Gasteiger partial charge is 0.436 e. The normalized spacial score (nSPS) is 10.9. The van der Waals surface area contributed by atoms with Crippen LogP contribution in [0.3, 0.4) is 0 Å². The number of oxazole rings is 1. The van der Waals surface area contributed by atoms with Gasteiger partial charge in [-0.1, -0.05) is 36.8 Å². The number of aromatic nitrogens is 1. The average Bonchev–Trinajstić information content (AvgIpc) is 3.12. The Morgan fingerprint density at radius 1 is 1.00 bits per heavy atom. The number of rotatable bonds is 4. The van der Waals surface area contributed by atoms with E-state index in [2.05, 4.69) is 29.4 Å². The van der Waals surface area contributed by atoms with Gasteiger partial charge in [0.2, 0.25) is 5.89 Å². The van der Waals surface area contributed by atoms with Crippen LogP contribution in [-0.4, -0.2) is 10.9 Å². The molecular formula is C23H20N2O2. The van der Waals surface area contributed by atoms with Crippen molar-refractivity contribution in [3.05, 3.63) is 83.4 Å². The molecule has 134 valence electrons. The lowest BCUT2D eigenvalue weighted by atomic mass is 10.1. The van der Waals surface area contributed by atoms with Gasteiger partial charge in [-0.3, -0.25) is 4.79 Å². The van der Waals surface area contributed by atoms with Gasteiger partial charge in [0.1, 0.15) is 5.52 Å². The molecule has 0 aliphatic carbocycles. The van der Waals surface area contributed by atoms with E-state index >= 15 is 0 Å². The van der Waals surface area contributed by atoms with E-state index in [1.807, 2.05) is 61.5 Å².